The number of esters is 1. The molecule has 0 aliphatic rings. The van der Waals surface area contributed by atoms with E-state index in [1.807, 2.05) is 41.8 Å². The molecule has 0 fully saturated rings. The number of nitrogens with one attached hydrogen (secondary N) is 1. The number of aromatic nitrogens is 3. The summed E-state index contributed by atoms with van der Waals surface area (Å²) < 4.78 is 6.91. The van der Waals surface area contributed by atoms with E-state index < -0.39 is 11.9 Å². The molecule has 3 aromatic rings. The number of anilines is 1. The molecule has 31 heavy (non-hydrogen) atoms. The van der Waals surface area contributed by atoms with Crippen molar-refractivity contribution in [1.82, 2.24) is 14.8 Å². The highest BCUT2D eigenvalue weighted by molar-refractivity contribution is 7.99. The van der Waals surface area contributed by atoms with Crippen LogP contribution in [-0.2, 0) is 9.53 Å². The normalized spacial score (nSPS) is 10.7. The Balaban J connectivity index is 1.78. The molecular formula is C20H21N5O4S2. The van der Waals surface area contributed by atoms with E-state index in [1.54, 1.807) is 13.8 Å². The number of benzene rings is 1. The number of ether oxygens (including phenoxy) is 1. The maximum absolute atomic E-state index is 12.6. The Bertz CT molecular complexity index is 1120. The summed E-state index contributed by atoms with van der Waals surface area (Å²) in [5, 5.41) is 11.7. The fourth-order valence-corrected chi connectivity index (χ4v) is 4.75. The molecule has 9 nitrogen and oxygen atoms in total. The van der Waals surface area contributed by atoms with Crippen LogP contribution in [0.5, 0.6) is 0 Å². The summed E-state index contributed by atoms with van der Waals surface area (Å²) in [7, 11) is 0. The summed E-state index contributed by atoms with van der Waals surface area (Å²) >= 11 is 2.16. The third-order valence-corrected chi connectivity index (χ3v) is 6.40. The van der Waals surface area contributed by atoms with Crippen LogP contribution in [0.3, 0.4) is 0 Å². The number of thioether (sulfide) groups is 1. The van der Waals surface area contributed by atoms with E-state index in [0.717, 1.165) is 17.0 Å². The van der Waals surface area contributed by atoms with Crippen LogP contribution >= 0.6 is 23.1 Å². The second-order valence-corrected chi connectivity index (χ2v) is 8.35. The van der Waals surface area contributed by atoms with Crippen molar-refractivity contribution in [2.24, 2.45) is 5.73 Å². The van der Waals surface area contributed by atoms with Crippen LogP contribution in [0, 0.1) is 13.8 Å². The Kier molecular flexibility index (Phi) is 7.08. The van der Waals surface area contributed by atoms with Gasteiger partial charge >= 0.3 is 5.97 Å². The van der Waals surface area contributed by atoms with Gasteiger partial charge in [0, 0.05) is 5.69 Å². The Morgan fingerprint density at radius 2 is 1.90 bits per heavy atom. The number of nitrogens with zero attached hydrogens (tertiary/aromatic N) is 3. The highest BCUT2D eigenvalue weighted by atomic mass is 32.2. The molecule has 0 radical (unpaired) electrons. The average molecular weight is 460 g/mol. The van der Waals surface area contributed by atoms with Gasteiger partial charge in [-0.1, -0.05) is 30.0 Å². The Labute approximate surface area is 187 Å². The van der Waals surface area contributed by atoms with Gasteiger partial charge in [-0.25, -0.2) is 4.79 Å². The first-order valence-electron chi connectivity index (χ1n) is 9.33. The van der Waals surface area contributed by atoms with E-state index in [-0.39, 0.29) is 33.7 Å². The second-order valence-electron chi connectivity index (χ2n) is 6.38. The highest BCUT2D eigenvalue weighted by Gasteiger charge is 2.26. The SMILES string of the molecule is CCOC(=O)c1c(NC(=O)CSc2nnc(C)n2-c2ccccc2)sc(C(N)=O)c1C. The number of thiophene rings is 1. The van der Waals surface area contributed by atoms with E-state index >= 15 is 0 Å². The number of para-hydroxylation sites is 1. The number of aryl methyl sites for hydroxylation is 1. The molecule has 0 aliphatic carbocycles. The summed E-state index contributed by atoms with van der Waals surface area (Å²) in [5.74, 6) is -0.942. The number of primary amides is 1. The molecule has 0 saturated carbocycles. The van der Waals surface area contributed by atoms with Crippen LogP contribution in [0.15, 0.2) is 35.5 Å². The number of carbonyl (C=O) groups excluding carboxylic acids is 3. The van der Waals surface area contributed by atoms with E-state index in [1.165, 1.54) is 11.8 Å². The van der Waals surface area contributed by atoms with Crippen LogP contribution in [0.4, 0.5) is 5.00 Å². The minimum absolute atomic E-state index is 0.0239. The van der Waals surface area contributed by atoms with Gasteiger partial charge in [0.25, 0.3) is 5.91 Å². The van der Waals surface area contributed by atoms with Gasteiger partial charge in [0.05, 0.1) is 22.8 Å². The quantitative estimate of drug-likeness (QED) is 0.391. The topological polar surface area (TPSA) is 129 Å². The first-order chi connectivity index (χ1) is 14.8. The summed E-state index contributed by atoms with van der Waals surface area (Å²) in [5.41, 5.74) is 6.81. The minimum Gasteiger partial charge on any atom is -0.462 e. The molecule has 0 spiro atoms. The smallest absolute Gasteiger partial charge is 0.341 e. The highest BCUT2D eigenvalue weighted by Crippen LogP contribution is 2.34. The number of amides is 2. The summed E-state index contributed by atoms with van der Waals surface area (Å²) in [6, 6.07) is 9.57. The first kappa shape index (κ1) is 22.5. The molecule has 162 valence electrons. The van der Waals surface area contributed by atoms with Crippen LogP contribution in [0.25, 0.3) is 5.69 Å². The second kappa shape index (κ2) is 9.75. The average Bonchev–Trinajstić information content (AvgIpc) is 3.26. The lowest BCUT2D eigenvalue weighted by molar-refractivity contribution is -0.113. The molecule has 2 heterocycles. The summed E-state index contributed by atoms with van der Waals surface area (Å²) in [6.45, 7) is 5.26. The molecule has 1 aromatic carbocycles. The van der Waals surface area contributed by atoms with Crippen LogP contribution in [0.2, 0.25) is 0 Å². The first-order valence-corrected chi connectivity index (χ1v) is 11.1. The van der Waals surface area contributed by atoms with Crippen molar-refractivity contribution in [3.63, 3.8) is 0 Å². The van der Waals surface area contributed by atoms with Crippen LogP contribution < -0.4 is 11.1 Å². The molecule has 0 atom stereocenters. The van der Waals surface area contributed by atoms with Crippen molar-refractivity contribution in [2.75, 3.05) is 17.7 Å². The van der Waals surface area contributed by atoms with Gasteiger partial charge in [0.1, 0.15) is 10.8 Å². The van der Waals surface area contributed by atoms with Gasteiger partial charge in [-0.3, -0.25) is 14.2 Å². The fraction of sp³-hybridized carbons (Fsp3) is 0.250. The van der Waals surface area contributed by atoms with Crippen molar-refractivity contribution in [2.45, 2.75) is 25.9 Å². The van der Waals surface area contributed by atoms with Crippen molar-refractivity contribution in [3.8, 4) is 5.69 Å². The van der Waals surface area contributed by atoms with Crippen molar-refractivity contribution < 1.29 is 19.1 Å². The molecule has 0 unspecified atom stereocenters. The molecule has 0 bridgehead atoms. The molecule has 2 amide bonds. The third-order valence-electron chi connectivity index (χ3n) is 4.24. The van der Waals surface area contributed by atoms with Crippen molar-refractivity contribution in [1.29, 1.82) is 0 Å². The van der Waals surface area contributed by atoms with E-state index in [9.17, 15) is 14.4 Å². The predicted molar refractivity (Wildman–Crippen MR) is 119 cm³/mol. The standard InChI is InChI=1S/C20H21N5O4S2/c1-4-29-19(28)15-11(2)16(17(21)27)31-18(15)22-14(26)10-30-20-24-23-12(3)25(20)13-8-6-5-7-9-13/h5-9H,4,10H2,1-3H3,(H2,21,27)(H,22,26). The number of carbonyl (C=O) groups is 3. The molecule has 11 heteroatoms. The minimum atomic E-state index is -0.672. The monoisotopic (exact) mass is 459 g/mol. The molecule has 3 rings (SSSR count). The van der Waals surface area contributed by atoms with Crippen molar-refractivity contribution >= 4 is 45.9 Å². The fourth-order valence-electron chi connectivity index (χ4n) is 2.89. The van der Waals surface area contributed by atoms with Gasteiger partial charge < -0.3 is 15.8 Å². The molecular weight excluding hydrogens is 438 g/mol. The number of hydrogen-bond donors (Lipinski definition) is 2. The lowest BCUT2D eigenvalue weighted by Crippen LogP contribution is -2.17. The molecule has 0 saturated heterocycles. The Morgan fingerprint density at radius 3 is 2.55 bits per heavy atom. The Hall–Kier alpha value is -3.18. The van der Waals surface area contributed by atoms with E-state index in [2.05, 4.69) is 15.5 Å². The predicted octanol–water partition coefficient (Wildman–Crippen LogP) is 2.95. The number of nitrogens with two attached hydrogens (primary N) is 1. The zero-order chi connectivity index (χ0) is 22.5. The van der Waals surface area contributed by atoms with Gasteiger partial charge in [-0.2, -0.15) is 0 Å². The molecule has 0 aliphatic heterocycles. The Morgan fingerprint density at radius 1 is 1.19 bits per heavy atom. The number of rotatable bonds is 8. The largest absolute Gasteiger partial charge is 0.462 e. The summed E-state index contributed by atoms with van der Waals surface area (Å²) in [4.78, 5) is 36.8. The third kappa shape index (κ3) is 4.94. The van der Waals surface area contributed by atoms with Crippen molar-refractivity contribution in [3.05, 3.63) is 52.2 Å². The molecule has 3 N–H and O–H groups in total. The van der Waals surface area contributed by atoms with Gasteiger partial charge in [-0.15, -0.1) is 21.5 Å². The lowest BCUT2D eigenvalue weighted by atomic mass is 10.1. The van der Waals surface area contributed by atoms with Crippen LogP contribution in [-0.4, -0.2) is 44.9 Å². The van der Waals surface area contributed by atoms with Gasteiger partial charge in [-0.05, 0) is 38.5 Å². The zero-order valence-corrected chi connectivity index (χ0v) is 18.8. The summed E-state index contributed by atoms with van der Waals surface area (Å²) in [6.07, 6.45) is 0. The van der Waals surface area contributed by atoms with Gasteiger partial charge in [0.2, 0.25) is 5.91 Å². The van der Waals surface area contributed by atoms with Gasteiger partial charge in [0.15, 0.2) is 5.16 Å². The van der Waals surface area contributed by atoms with E-state index in [4.69, 9.17) is 10.5 Å². The maximum Gasteiger partial charge on any atom is 0.341 e. The number of hydrogen-bond acceptors (Lipinski definition) is 8. The molecule has 2 aromatic heterocycles. The van der Waals surface area contributed by atoms with E-state index in [0.29, 0.717) is 16.5 Å². The van der Waals surface area contributed by atoms with Crippen LogP contribution in [0.1, 0.15) is 38.3 Å². The lowest BCUT2D eigenvalue weighted by Gasteiger charge is -2.09. The zero-order valence-electron chi connectivity index (χ0n) is 17.2. The maximum atomic E-state index is 12.6.